The van der Waals surface area contributed by atoms with Crippen LogP contribution in [0.15, 0.2) is 30.3 Å². The first-order chi connectivity index (χ1) is 13.1. The Morgan fingerprint density at radius 2 is 2.00 bits per heavy atom. The normalized spacial score (nSPS) is 15.0. The zero-order chi connectivity index (χ0) is 18.8. The summed E-state index contributed by atoms with van der Waals surface area (Å²) in [4.78, 5) is 25.0. The van der Waals surface area contributed by atoms with Gasteiger partial charge in [-0.3, -0.25) is 4.79 Å². The molecule has 1 aliphatic rings. The van der Waals surface area contributed by atoms with Gasteiger partial charge in [0, 0.05) is 28.8 Å². The number of fused-ring (bicyclic) bond motifs is 1. The maximum Gasteiger partial charge on any atom is 0.276 e. The Morgan fingerprint density at radius 3 is 2.78 bits per heavy atom. The number of piperidine rings is 1. The summed E-state index contributed by atoms with van der Waals surface area (Å²) in [5.74, 6) is 1.66. The lowest BCUT2D eigenvalue weighted by Gasteiger charge is -2.20. The first-order valence-corrected chi connectivity index (χ1v) is 9.17. The van der Waals surface area contributed by atoms with E-state index in [0.717, 1.165) is 48.4 Å². The Morgan fingerprint density at radius 1 is 1.19 bits per heavy atom. The van der Waals surface area contributed by atoms with Crippen molar-refractivity contribution in [3.63, 3.8) is 0 Å². The molecule has 3 N–H and O–H groups in total. The summed E-state index contributed by atoms with van der Waals surface area (Å²) in [6.07, 6.45) is 2.07. The number of benzene rings is 1. The quantitative estimate of drug-likeness (QED) is 0.661. The van der Waals surface area contributed by atoms with Gasteiger partial charge in [0.2, 0.25) is 5.88 Å². The number of rotatable bonds is 4. The molecule has 1 aromatic carbocycles. The minimum Gasteiger partial charge on any atom is -0.481 e. The van der Waals surface area contributed by atoms with E-state index in [1.54, 1.807) is 13.2 Å². The molecule has 1 saturated heterocycles. The fourth-order valence-electron chi connectivity index (χ4n) is 3.48. The monoisotopic (exact) mass is 365 g/mol. The van der Waals surface area contributed by atoms with Gasteiger partial charge < -0.3 is 20.4 Å². The second-order valence-corrected chi connectivity index (χ2v) is 6.84. The van der Waals surface area contributed by atoms with Crippen molar-refractivity contribution in [3.8, 4) is 5.88 Å². The van der Waals surface area contributed by atoms with Gasteiger partial charge in [-0.2, -0.15) is 0 Å². The van der Waals surface area contributed by atoms with E-state index in [9.17, 15) is 4.79 Å². The van der Waals surface area contributed by atoms with Crippen molar-refractivity contribution in [1.82, 2.24) is 20.3 Å². The molecule has 0 atom stereocenters. The van der Waals surface area contributed by atoms with Crippen LogP contribution in [0.2, 0.25) is 0 Å². The number of H-pyrrole nitrogens is 1. The van der Waals surface area contributed by atoms with Gasteiger partial charge in [0.1, 0.15) is 11.5 Å². The third-order valence-electron chi connectivity index (χ3n) is 4.97. The fraction of sp³-hybridized carbons (Fsp3) is 0.350. The van der Waals surface area contributed by atoms with E-state index in [-0.39, 0.29) is 5.91 Å². The molecule has 2 aromatic heterocycles. The van der Waals surface area contributed by atoms with Crippen LogP contribution in [0, 0.1) is 6.92 Å². The largest absolute Gasteiger partial charge is 0.481 e. The molecule has 0 bridgehead atoms. The topological polar surface area (TPSA) is 91.9 Å². The van der Waals surface area contributed by atoms with Gasteiger partial charge in [-0.25, -0.2) is 9.97 Å². The predicted octanol–water partition coefficient (Wildman–Crippen LogP) is 2.99. The smallest absolute Gasteiger partial charge is 0.276 e. The standard InChI is InChI=1S/C20H23N5O2/c1-12-18(25-19(22-12)13-7-9-21-10-8-13)20(26)23-15-4-5-16-14(11-15)3-6-17(24-16)27-2/h3-6,11,13,21H,7-10H2,1-2H3,(H,22,25)(H,23,26). The Bertz CT molecular complexity index is 976. The molecule has 3 aromatic rings. The number of hydrogen-bond donors (Lipinski definition) is 3. The number of ether oxygens (including phenoxy) is 1. The van der Waals surface area contributed by atoms with Crippen molar-refractivity contribution in [3.05, 3.63) is 47.5 Å². The van der Waals surface area contributed by atoms with Crippen molar-refractivity contribution in [2.45, 2.75) is 25.7 Å². The molecule has 0 spiro atoms. The fourth-order valence-corrected chi connectivity index (χ4v) is 3.48. The molecular formula is C20H23N5O2. The Hall–Kier alpha value is -2.93. The van der Waals surface area contributed by atoms with Crippen molar-refractivity contribution in [1.29, 1.82) is 0 Å². The van der Waals surface area contributed by atoms with Crippen LogP contribution in [0.5, 0.6) is 5.88 Å². The van der Waals surface area contributed by atoms with Crippen LogP contribution >= 0.6 is 0 Å². The van der Waals surface area contributed by atoms with Crippen LogP contribution in [-0.2, 0) is 0 Å². The summed E-state index contributed by atoms with van der Waals surface area (Å²) in [7, 11) is 1.59. The molecule has 140 valence electrons. The molecule has 4 rings (SSSR count). The molecule has 3 heterocycles. The number of aromatic nitrogens is 3. The van der Waals surface area contributed by atoms with Crippen LogP contribution in [0.1, 0.15) is 40.8 Å². The number of nitrogens with one attached hydrogen (secondary N) is 3. The Kier molecular flexibility index (Phi) is 4.77. The third kappa shape index (κ3) is 3.64. The van der Waals surface area contributed by atoms with E-state index < -0.39 is 0 Å². The van der Waals surface area contributed by atoms with Gasteiger partial charge in [-0.1, -0.05) is 0 Å². The number of anilines is 1. The molecule has 7 nitrogen and oxygen atoms in total. The Labute approximate surface area is 157 Å². The number of imidazole rings is 1. The van der Waals surface area contributed by atoms with E-state index >= 15 is 0 Å². The number of aryl methyl sites for hydroxylation is 1. The summed E-state index contributed by atoms with van der Waals surface area (Å²) in [6.45, 7) is 3.87. The van der Waals surface area contributed by atoms with E-state index in [1.807, 2.05) is 31.2 Å². The van der Waals surface area contributed by atoms with Crippen molar-refractivity contribution >= 4 is 22.5 Å². The molecule has 1 aliphatic heterocycles. The lowest BCUT2D eigenvalue weighted by atomic mass is 9.98. The highest BCUT2D eigenvalue weighted by Crippen LogP contribution is 2.25. The summed E-state index contributed by atoms with van der Waals surface area (Å²) < 4.78 is 5.14. The van der Waals surface area contributed by atoms with Crippen molar-refractivity contribution < 1.29 is 9.53 Å². The van der Waals surface area contributed by atoms with Crippen LogP contribution in [0.4, 0.5) is 5.69 Å². The molecule has 1 amide bonds. The molecule has 0 aliphatic carbocycles. The van der Waals surface area contributed by atoms with E-state index in [2.05, 4.69) is 25.6 Å². The van der Waals surface area contributed by atoms with Gasteiger partial charge >= 0.3 is 0 Å². The highest BCUT2D eigenvalue weighted by molar-refractivity contribution is 6.04. The average Bonchev–Trinajstić information content (AvgIpc) is 3.10. The lowest BCUT2D eigenvalue weighted by Crippen LogP contribution is -2.27. The van der Waals surface area contributed by atoms with Gasteiger partial charge in [0.25, 0.3) is 5.91 Å². The van der Waals surface area contributed by atoms with Gasteiger partial charge in [0.05, 0.1) is 12.6 Å². The highest BCUT2D eigenvalue weighted by Gasteiger charge is 2.22. The maximum absolute atomic E-state index is 12.7. The number of aromatic amines is 1. The van der Waals surface area contributed by atoms with Gasteiger partial charge in [-0.15, -0.1) is 0 Å². The summed E-state index contributed by atoms with van der Waals surface area (Å²) in [5, 5.41) is 7.23. The number of methoxy groups -OCH3 is 1. The van der Waals surface area contributed by atoms with E-state index in [4.69, 9.17) is 4.74 Å². The molecular weight excluding hydrogens is 342 g/mol. The minimum absolute atomic E-state index is 0.204. The number of nitrogens with zero attached hydrogens (tertiary/aromatic N) is 2. The number of hydrogen-bond acceptors (Lipinski definition) is 5. The van der Waals surface area contributed by atoms with Gasteiger partial charge in [-0.05, 0) is 57.1 Å². The van der Waals surface area contributed by atoms with Crippen molar-refractivity contribution in [2.75, 3.05) is 25.5 Å². The zero-order valence-corrected chi connectivity index (χ0v) is 15.5. The van der Waals surface area contributed by atoms with E-state index in [1.165, 1.54) is 0 Å². The first kappa shape index (κ1) is 17.5. The highest BCUT2D eigenvalue weighted by atomic mass is 16.5. The minimum atomic E-state index is -0.204. The molecule has 0 radical (unpaired) electrons. The molecule has 0 unspecified atom stereocenters. The molecule has 27 heavy (non-hydrogen) atoms. The van der Waals surface area contributed by atoms with E-state index in [0.29, 0.717) is 23.2 Å². The number of carbonyl (C=O) groups excluding carboxylic acids is 1. The first-order valence-electron chi connectivity index (χ1n) is 9.17. The zero-order valence-electron chi connectivity index (χ0n) is 15.5. The predicted molar refractivity (Wildman–Crippen MR) is 104 cm³/mol. The SMILES string of the molecule is COc1ccc2cc(NC(=O)c3nc(C4CCNCC4)[nH]c3C)ccc2n1. The Balaban J connectivity index is 1.53. The maximum atomic E-state index is 12.7. The van der Waals surface area contributed by atoms with Crippen LogP contribution < -0.4 is 15.4 Å². The molecule has 1 fully saturated rings. The molecule has 7 heteroatoms. The summed E-state index contributed by atoms with van der Waals surface area (Å²) in [6, 6.07) is 9.33. The average molecular weight is 365 g/mol. The number of amides is 1. The number of carbonyl (C=O) groups is 1. The molecule has 0 saturated carbocycles. The lowest BCUT2D eigenvalue weighted by molar-refractivity contribution is 0.102. The van der Waals surface area contributed by atoms with Gasteiger partial charge in [0.15, 0.2) is 0 Å². The number of pyridine rings is 1. The second-order valence-electron chi connectivity index (χ2n) is 6.84. The second kappa shape index (κ2) is 7.36. The van der Waals surface area contributed by atoms with Crippen molar-refractivity contribution in [2.24, 2.45) is 0 Å². The van der Waals surface area contributed by atoms with Crippen LogP contribution in [0.3, 0.4) is 0 Å². The van der Waals surface area contributed by atoms with Crippen LogP contribution in [0.25, 0.3) is 10.9 Å². The van der Waals surface area contributed by atoms with Crippen LogP contribution in [-0.4, -0.2) is 41.1 Å². The third-order valence-corrected chi connectivity index (χ3v) is 4.97. The summed E-state index contributed by atoms with van der Waals surface area (Å²) in [5.41, 5.74) is 2.78. The summed E-state index contributed by atoms with van der Waals surface area (Å²) >= 11 is 0.